The van der Waals surface area contributed by atoms with Gasteiger partial charge in [-0.3, -0.25) is 9.47 Å². The van der Waals surface area contributed by atoms with E-state index in [0.29, 0.717) is 6.67 Å². The van der Waals surface area contributed by atoms with Crippen LogP contribution in [-0.4, -0.2) is 25.8 Å². The van der Waals surface area contributed by atoms with Crippen molar-refractivity contribution in [3.05, 3.63) is 74.1 Å². The summed E-state index contributed by atoms with van der Waals surface area (Å²) in [5.74, 6) is 0.960. The first-order valence-corrected chi connectivity index (χ1v) is 10.7. The zero-order valence-corrected chi connectivity index (χ0v) is 16.2. The van der Waals surface area contributed by atoms with E-state index < -0.39 is 0 Å². The molecule has 0 radical (unpaired) electrons. The predicted molar refractivity (Wildman–Crippen MR) is 107 cm³/mol. The fourth-order valence-corrected chi connectivity index (χ4v) is 5.34. The van der Waals surface area contributed by atoms with Crippen LogP contribution in [-0.2, 0) is 26.1 Å². The van der Waals surface area contributed by atoms with Crippen molar-refractivity contribution in [1.82, 2.24) is 19.2 Å². The molecule has 0 aliphatic carbocycles. The lowest BCUT2D eigenvalue weighted by Crippen LogP contribution is -2.40. The summed E-state index contributed by atoms with van der Waals surface area (Å²) in [5.41, 5.74) is 2.71. The zero-order valence-electron chi connectivity index (χ0n) is 15.4. The number of fused-ring (bicyclic) bond motifs is 2. The third kappa shape index (κ3) is 3.07. The highest BCUT2D eigenvalue weighted by Gasteiger charge is 2.30. The van der Waals surface area contributed by atoms with E-state index in [1.165, 1.54) is 22.4 Å². The van der Waals surface area contributed by atoms with Crippen molar-refractivity contribution < 1.29 is 0 Å². The summed E-state index contributed by atoms with van der Waals surface area (Å²) in [6, 6.07) is 13.1. The Bertz CT molecular complexity index is 987. The van der Waals surface area contributed by atoms with Crippen LogP contribution in [0.4, 0.5) is 0 Å². The van der Waals surface area contributed by atoms with Gasteiger partial charge in [-0.2, -0.15) is 9.78 Å². The van der Waals surface area contributed by atoms with Crippen LogP contribution in [0.15, 0.2) is 46.6 Å². The van der Waals surface area contributed by atoms with E-state index in [1.807, 2.05) is 15.9 Å². The fourth-order valence-electron chi connectivity index (χ4n) is 4.44. The Morgan fingerprint density at radius 1 is 1.04 bits per heavy atom. The molecule has 0 spiro atoms. The molecule has 1 unspecified atom stereocenters. The summed E-state index contributed by atoms with van der Waals surface area (Å²) in [6.07, 6.45) is 5.35. The van der Waals surface area contributed by atoms with Crippen LogP contribution in [0.2, 0.25) is 0 Å². The molecule has 4 heterocycles. The van der Waals surface area contributed by atoms with Crippen molar-refractivity contribution in [2.24, 2.45) is 0 Å². The maximum atomic E-state index is 12.9. The quantitative estimate of drug-likeness (QED) is 0.699. The van der Waals surface area contributed by atoms with Gasteiger partial charge in [-0.1, -0.05) is 36.8 Å². The van der Waals surface area contributed by atoms with E-state index in [4.69, 9.17) is 5.10 Å². The van der Waals surface area contributed by atoms with Gasteiger partial charge in [-0.05, 0) is 41.8 Å². The summed E-state index contributed by atoms with van der Waals surface area (Å²) in [5, 5.41) is 6.89. The maximum Gasteiger partial charge on any atom is 0.347 e. The minimum atomic E-state index is 0.0508. The van der Waals surface area contributed by atoms with Crippen LogP contribution >= 0.6 is 11.3 Å². The summed E-state index contributed by atoms with van der Waals surface area (Å²) in [7, 11) is 0. The van der Waals surface area contributed by atoms with Crippen molar-refractivity contribution in [1.29, 1.82) is 0 Å². The Morgan fingerprint density at radius 2 is 1.93 bits per heavy atom. The molecule has 0 amide bonds. The molecule has 2 aliphatic heterocycles. The van der Waals surface area contributed by atoms with Gasteiger partial charge in [0, 0.05) is 24.4 Å². The Hall–Kier alpha value is -2.18. The average molecular weight is 381 g/mol. The fraction of sp³-hybridized carbons (Fsp3) is 0.429. The number of aromatic nitrogens is 3. The first-order valence-electron chi connectivity index (χ1n) is 9.83. The molecule has 0 fully saturated rings. The Kier molecular flexibility index (Phi) is 4.45. The number of aryl methyl sites for hydroxylation is 1. The van der Waals surface area contributed by atoms with Crippen LogP contribution in [0, 0.1) is 0 Å². The van der Waals surface area contributed by atoms with E-state index in [-0.39, 0.29) is 11.7 Å². The van der Waals surface area contributed by atoms with E-state index in [1.54, 1.807) is 4.68 Å². The van der Waals surface area contributed by atoms with Gasteiger partial charge in [0.05, 0.1) is 12.7 Å². The van der Waals surface area contributed by atoms with Gasteiger partial charge < -0.3 is 0 Å². The van der Waals surface area contributed by atoms with Gasteiger partial charge in [0.1, 0.15) is 5.82 Å². The van der Waals surface area contributed by atoms with Crippen molar-refractivity contribution in [2.45, 2.75) is 51.4 Å². The van der Waals surface area contributed by atoms with E-state index in [2.05, 4.69) is 46.7 Å². The molecule has 0 saturated carbocycles. The number of benzene rings is 1. The average Bonchev–Trinajstić information content (AvgIpc) is 3.20. The van der Waals surface area contributed by atoms with E-state index >= 15 is 0 Å². The third-order valence-corrected chi connectivity index (χ3v) is 6.77. The van der Waals surface area contributed by atoms with Gasteiger partial charge in [0.25, 0.3) is 0 Å². The smallest absolute Gasteiger partial charge is 0.279 e. The summed E-state index contributed by atoms with van der Waals surface area (Å²) in [6.45, 7) is 2.31. The lowest BCUT2D eigenvalue weighted by molar-refractivity contribution is 0.154. The van der Waals surface area contributed by atoms with Gasteiger partial charge >= 0.3 is 5.69 Å². The lowest BCUT2D eigenvalue weighted by atomic mass is 9.94. The molecular weight excluding hydrogens is 356 g/mol. The van der Waals surface area contributed by atoms with Crippen LogP contribution < -0.4 is 5.69 Å². The number of rotatable bonds is 3. The zero-order chi connectivity index (χ0) is 18.2. The third-order valence-electron chi connectivity index (χ3n) is 5.78. The van der Waals surface area contributed by atoms with Gasteiger partial charge in [0.2, 0.25) is 0 Å². The summed E-state index contributed by atoms with van der Waals surface area (Å²) >= 11 is 1.84. The first-order chi connectivity index (χ1) is 13.3. The molecule has 3 aromatic rings. The van der Waals surface area contributed by atoms with Crippen molar-refractivity contribution in [2.75, 3.05) is 6.54 Å². The highest BCUT2D eigenvalue weighted by atomic mass is 32.1. The van der Waals surface area contributed by atoms with E-state index in [0.717, 1.165) is 44.6 Å². The number of hydrogen-bond donors (Lipinski definition) is 0. The van der Waals surface area contributed by atoms with Crippen LogP contribution in [0.1, 0.15) is 47.1 Å². The minimum Gasteiger partial charge on any atom is -0.279 e. The molecule has 0 saturated heterocycles. The monoisotopic (exact) mass is 380 g/mol. The maximum absolute atomic E-state index is 12.9. The standard InChI is InChI=1S/C21H24N4OS/c26-21-24-12-6-2-5-9-19(24)22-25(21)15-23-13-10-18-17(11-14-27-18)20(23)16-7-3-1-4-8-16/h1,3-4,7-8,11,14,20H,2,5-6,9-10,12-13,15H2. The summed E-state index contributed by atoms with van der Waals surface area (Å²) in [4.78, 5) is 16.8. The SMILES string of the molecule is O=c1n(CN2CCc3sccc3C2c2ccccc2)nc2n1CCCCC2. The molecule has 0 N–H and O–H groups in total. The van der Waals surface area contributed by atoms with Crippen LogP contribution in [0.25, 0.3) is 0 Å². The second-order valence-electron chi connectivity index (χ2n) is 7.48. The highest BCUT2D eigenvalue weighted by molar-refractivity contribution is 7.10. The molecule has 5 nitrogen and oxygen atoms in total. The molecule has 1 aromatic carbocycles. The van der Waals surface area contributed by atoms with Gasteiger partial charge in [-0.25, -0.2) is 4.79 Å². The van der Waals surface area contributed by atoms with Gasteiger partial charge in [-0.15, -0.1) is 11.3 Å². The minimum absolute atomic E-state index is 0.0508. The Labute approximate surface area is 162 Å². The van der Waals surface area contributed by atoms with Crippen LogP contribution in [0.5, 0.6) is 0 Å². The number of thiophene rings is 1. The molecule has 0 bridgehead atoms. The topological polar surface area (TPSA) is 43.1 Å². The number of hydrogen-bond acceptors (Lipinski definition) is 4. The normalized spacial score (nSPS) is 20.1. The molecular formula is C21H24N4OS. The second kappa shape index (κ2) is 7.09. The largest absolute Gasteiger partial charge is 0.347 e. The molecule has 1 atom stereocenters. The van der Waals surface area contributed by atoms with E-state index in [9.17, 15) is 4.79 Å². The summed E-state index contributed by atoms with van der Waals surface area (Å²) < 4.78 is 3.58. The highest BCUT2D eigenvalue weighted by Crippen LogP contribution is 2.37. The molecule has 2 aromatic heterocycles. The van der Waals surface area contributed by atoms with Crippen molar-refractivity contribution >= 4 is 11.3 Å². The number of nitrogens with zero attached hydrogens (tertiary/aromatic N) is 4. The Morgan fingerprint density at radius 3 is 2.81 bits per heavy atom. The first kappa shape index (κ1) is 17.0. The molecule has 5 rings (SSSR count). The molecule has 27 heavy (non-hydrogen) atoms. The van der Waals surface area contributed by atoms with Crippen LogP contribution in [0.3, 0.4) is 0 Å². The predicted octanol–water partition coefficient (Wildman–Crippen LogP) is 3.44. The van der Waals surface area contributed by atoms with Crippen molar-refractivity contribution in [3.8, 4) is 0 Å². The molecule has 2 aliphatic rings. The second-order valence-corrected chi connectivity index (χ2v) is 8.48. The molecule has 140 valence electrons. The Balaban J connectivity index is 1.50. The van der Waals surface area contributed by atoms with Gasteiger partial charge in [0.15, 0.2) is 0 Å². The molecule has 6 heteroatoms. The lowest BCUT2D eigenvalue weighted by Gasteiger charge is -2.35. The van der Waals surface area contributed by atoms with Crippen molar-refractivity contribution in [3.63, 3.8) is 0 Å².